The number of aliphatic carboxylic acids is 1. The van der Waals surface area contributed by atoms with Gasteiger partial charge < -0.3 is 14.7 Å². The molecule has 1 amide bonds. The summed E-state index contributed by atoms with van der Waals surface area (Å²) in [7, 11) is 0. The monoisotopic (exact) mass is 297 g/mol. The van der Waals surface area contributed by atoms with E-state index in [-0.39, 0.29) is 18.6 Å². The number of ether oxygens (including phenoxy) is 1. The van der Waals surface area contributed by atoms with Crippen molar-refractivity contribution in [1.29, 1.82) is 0 Å². The van der Waals surface area contributed by atoms with Gasteiger partial charge in [-0.25, -0.2) is 0 Å². The Hall–Kier alpha value is -1.40. The van der Waals surface area contributed by atoms with Crippen LogP contribution in [0.25, 0.3) is 0 Å². The maximum Gasteiger partial charge on any atom is 0.311 e. The number of nitrogens with zero attached hydrogens (tertiary/aromatic N) is 1. The van der Waals surface area contributed by atoms with Crippen LogP contribution in [0.15, 0.2) is 11.4 Å². The normalized spacial score (nSPS) is 21.9. The molecule has 2 heterocycles. The van der Waals surface area contributed by atoms with E-state index in [1.165, 1.54) is 11.3 Å². The summed E-state index contributed by atoms with van der Waals surface area (Å²) in [6.07, 6.45) is 0.797. The van der Waals surface area contributed by atoms with Crippen molar-refractivity contribution < 1.29 is 19.4 Å². The molecule has 0 spiro atoms. The van der Waals surface area contributed by atoms with E-state index >= 15 is 0 Å². The van der Waals surface area contributed by atoms with E-state index in [1.807, 2.05) is 25.3 Å². The average molecular weight is 297 g/mol. The molecule has 1 aliphatic heterocycles. The van der Waals surface area contributed by atoms with Crippen molar-refractivity contribution in [1.82, 2.24) is 4.90 Å². The number of hydrogen-bond acceptors (Lipinski definition) is 4. The lowest BCUT2D eigenvalue weighted by Gasteiger charge is -2.29. The summed E-state index contributed by atoms with van der Waals surface area (Å²) in [4.78, 5) is 26.3. The summed E-state index contributed by atoms with van der Waals surface area (Å²) in [5.41, 5.74) is 1.02. The van der Waals surface area contributed by atoms with Crippen LogP contribution in [0.1, 0.15) is 29.1 Å². The maximum atomic E-state index is 12.7. The van der Waals surface area contributed by atoms with Gasteiger partial charge in [0, 0.05) is 6.54 Å². The molecule has 1 aliphatic rings. The van der Waals surface area contributed by atoms with Crippen molar-refractivity contribution in [2.75, 3.05) is 19.8 Å². The predicted molar refractivity (Wildman–Crippen MR) is 76.1 cm³/mol. The third kappa shape index (κ3) is 2.71. The van der Waals surface area contributed by atoms with Gasteiger partial charge in [-0.05, 0) is 30.4 Å². The van der Waals surface area contributed by atoms with Gasteiger partial charge in [0.25, 0.3) is 5.91 Å². The number of rotatable bonds is 5. The molecular formula is C14H19NO4S. The molecule has 0 aromatic carbocycles. The van der Waals surface area contributed by atoms with Gasteiger partial charge >= 0.3 is 5.97 Å². The molecule has 0 radical (unpaired) electrons. The zero-order valence-corrected chi connectivity index (χ0v) is 12.5. The van der Waals surface area contributed by atoms with E-state index in [0.29, 0.717) is 18.0 Å². The number of likely N-dealkylation sites (N-methyl/N-ethyl adjacent to an activating group) is 1. The van der Waals surface area contributed by atoms with Crippen LogP contribution in [0.4, 0.5) is 0 Å². The maximum absolute atomic E-state index is 12.7. The molecule has 0 aliphatic carbocycles. The highest BCUT2D eigenvalue weighted by Crippen LogP contribution is 2.25. The molecule has 1 N–H and O–H groups in total. The minimum atomic E-state index is -0.902. The number of amides is 1. The number of carboxylic acid groups (broad SMARTS) is 1. The molecule has 0 bridgehead atoms. The molecule has 1 aromatic rings. The largest absolute Gasteiger partial charge is 0.481 e. The first-order valence-electron chi connectivity index (χ1n) is 6.78. The van der Waals surface area contributed by atoms with Crippen LogP contribution < -0.4 is 0 Å². The van der Waals surface area contributed by atoms with E-state index < -0.39 is 11.9 Å². The summed E-state index contributed by atoms with van der Waals surface area (Å²) < 4.78 is 5.27. The second-order valence-corrected chi connectivity index (χ2v) is 5.69. The highest BCUT2D eigenvalue weighted by Gasteiger charge is 2.40. The molecule has 1 fully saturated rings. The van der Waals surface area contributed by atoms with Crippen LogP contribution in [-0.4, -0.2) is 47.7 Å². The van der Waals surface area contributed by atoms with E-state index in [4.69, 9.17) is 4.74 Å². The Morgan fingerprint density at radius 3 is 2.80 bits per heavy atom. The summed E-state index contributed by atoms with van der Waals surface area (Å²) in [5, 5.41) is 11.1. The van der Waals surface area contributed by atoms with Crippen LogP contribution in [0.5, 0.6) is 0 Å². The lowest BCUT2D eigenvalue weighted by atomic mass is 10.0. The summed E-state index contributed by atoms with van der Waals surface area (Å²) in [6.45, 7) is 4.83. The molecule has 2 rings (SSSR count). The smallest absolute Gasteiger partial charge is 0.311 e. The second kappa shape index (κ2) is 6.37. The minimum Gasteiger partial charge on any atom is -0.481 e. The van der Waals surface area contributed by atoms with Crippen molar-refractivity contribution in [3.05, 3.63) is 21.9 Å². The Labute approximate surface area is 122 Å². The van der Waals surface area contributed by atoms with Crippen molar-refractivity contribution in [2.24, 2.45) is 5.92 Å². The molecule has 1 saturated heterocycles. The van der Waals surface area contributed by atoms with Crippen LogP contribution in [0.3, 0.4) is 0 Å². The molecule has 1 aromatic heterocycles. The van der Waals surface area contributed by atoms with Gasteiger partial charge in [0.05, 0.1) is 24.1 Å². The molecule has 110 valence electrons. The van der Waals surface area contributed by atoms with Gasteiger partial charge in [0.1, 0.15) is 5.92 Å². The number of carboxylic acids is 1. The number of carbonyl (C=O) groups is 2. The Bertz CT molecular complexity index is 499. The minimum absolute atomic E-state index is 0.0823. The van der Waals surface area contributed by atoms with Gasteiger partial charge in [-0.1, -0.05) is 6.92 Å². The molecule has 0 saturated carbocycles. The first-order valence-corrected chi connectivity index (χ1v) is 7.65. The summed E-state index contributed by atoms with van der Waals surface area (Å²) in [6, 6.07) is 1.57. The SMILES string of the molecule is CCc1ccsc1C(=O)N(CC)C1COCC1C(=O)O. The number of thiophene rings is 1. The Balaban J connectivity index is 2.24. The van der Waals surface area contributed by atoms with Gasteiger partial charge in [-0.15, -0.1) is 11.3 Å². The van der Waals surface area contributed by atoms with Crippen molar-refractivity contribution in [2.45, 2.75) is 26.3 Å². The first-order chi connectivity index (χ1) is 9.60. The fourth-order valence-electron chi connectivity index (χ4n) is 2.55. The fraction of sp³-hybridized carbons (Fsp3) is 0.571. The molecule has 20 heavy (non-hydrogen) atoms. The van der Waals surface area contributed by atoms with E-state index in [1.54, 1.807) is 4.90 Å². The standard InChI is InChI=1S/C14H19NO4S/c1-3-9-5-6-20-12(9)13(16)15(4-2)11-8-19-7-10(11)14(17)18/h5-6,10-11H,3-4,7-8H2,1-2H3,(H,17,18). The Kier molecular flexibility index (Phi) is 4.77. The zero-order valence-electron chi connectivity index (χ0n) is 11.7. The van der Waals surface area contributed by atoms with Gasteiger partial charge in [-0.2, -0.15) is 0 Å². The lowest BCUT2D eigenvalue weighted by Crippen LogP contribution is -2.46. The van der Waals surface area contributed by atoms with Crippen molar-refractivity contribution in [3.8, 4) is 0 Å². The third-order valence-corrected chi connectivity index (χ3v) is 4.64. The van der Waals surface area contributed by atoms with E-state index in [2.05, 4.69) is 0 Å². The van der Waals surface area contributed by atoms with E-state index in [9.17, 15) is 14.7 Å². The number of hydrogen-bond donors (Lipinski definition) is 1. The highest BCUT2D eigenvalue weighted by molar-refractivity contribution is 7.12. The quantitative estimate of drug-likeness (QED) is 0.901. The van der Waals surface area contributed by atoms with E-state index in [0.717, 1.165) is 12.0 Å². The molecular weight excluding hydrogens is 278 g/mol. The molecule has 2 atom stereocenters. The van der Waals surface area contributed by atoms with Gasteiger partial charge in [-0.3, -0.25) is 9.59 Å². The van der Waals surface area contributed by atoms with Gasteiger partial charge in [0.15, 0.2) is 0 Å². The van der Waals surface area contributed by atoms with Crippen LogP contribution in [0, 0.1) is 5.92 Å². The average Bonchev–Trinajstić information content (AvgIpc) is 3.07. The van der Waals surface area contributed by atoms with Crippen LogP contribution >= 0.6 is 11.3 Å². The molecule has 2 unspecified atom stereocenters. The third-order valence-electron chi connectivity index (χ3n) is 3.69. The number of carbonyl (C=O) groups excluding carboxylic acids is 1. The number of aryl methyl sites for hydroxylation is 1. The topological polar surface area (TPSA) is 66.8 Å². The van der Waals surface area contributed by atoms with Crippen LogP contribution in [0.2, 0.25) is 0 Å². The highest BCUT2D eigenvalue weighted by atomic mass is 32.1. The second-order valence-electron chi connectivity index (χ2n) is 4.77. The Morgan fingerprint density at radius 1 is 1.45 bits per heavy atom. The molecule has 5 nitrogen and oxygen atoms in total. The Morgan fingerprint density at radius 2 is 2.20 bits per heavy atom. The first kappa shape index (κ1) is 15.0. The summed E-state index contributed by atoms with van der Waals surface area (Å²) in [5.74, 6) is -1.62. The summed E-state index contributed by atoms with van der Waals surface area (Å²) >= 11 is 1.41. The fourth-order valence-corrected chi connectivity index (χ4v) is 3.50. The lowest BCUT2D eigenvalue weighted by molar-refractivity contribution is -0.142. The van der Waals surface area contributed by atoms with Crippen LogP contribution in [-0.2, 0) is 16.0 Å². The molecule has 6 heteroatoms. The van der Waals surface area contributed by atoms with Gasteiger partial charge in [0.2, 0.25) is 0 Å². The zero-order chi connectivity index (χ0) is 14.7. The van der Waals surface area contributed by atoms with Crippen molar-refractivity contribution in [3.63, 3.8) is 0 Å². The van der Waals surface area contributed by atoms with Crippen molar-refractivity contribution >= 4 is 23.2 Å². The predicted octanol–water partition coefficient (Wildman–Crippen LogP) is 1.87.